The largest absolute Gasteiger partial charge is 0.495 e. The first kappa shape index (κ1) is 24.0. The Balaban J connectivity index is 1.54. The Kier molecular flexibility index (Phi) is 7.47. The van der Waals surface area contributed by atoms with Gasteiger partial charge in [0.2, 0.25) is 0 Å². The van der Waals surface area contributed by atoms with Gasteiger partial charge >= 0.3 is 0 Å². The molecule has 1 aromatic heterocycles. The van der Waals surface area contributed by atoms with Crippen LogP contribution in [0.3, 0.4) is 0 Å². The number of aromatic nitrogens is 2. The van der Waals surface area contributed by atoms with Gasteiger partial charge in [0, 0.05) is 18.9 Å². The molecule has 9 heteroatoms. The van der Waals surface area contributed by atoms with E-state index in [-0.39, 0.29) is 17.8 Å². The zero-order valence-corrected chi connectivity index (χ0v) is 20.1. The van der Waals surface area contributed by atoms with Crippen molar-refractivity contribution < 1.29 is 14.5 Å². The van der Waals surface area contributed by atoms with Crippen LogP contribution in [0.5, 0.6) is 5.75 Å². The van der Waals surface area contributed by atoms with Gasteiger partial charge in [0.1, 0.15) is 11.3 Å². The molecule has 4 rings (SSSR count). The number of hydrogen-bond acceptors (Lipinski definition) is 6. The highest BCUT2D eigenvalue weighted by molar-refractivity contribution is 7.98. The quantitative estimate of drug-likeness (QED) is 0.198. The minimum atomic E-state index is -0.569. The van der Waals surface area contributed by atoms with Crippen LogP contribution in [0, 0.1) is 10.1 Å². The van der Waals surface area contributed by atoms with E-state index in [1.165, 1.54) is 31.0 Å². The van der Waals surface area contributed by atoms with Gasteiger partial charge in [0.15, 0.2) is 0 Å². The normalized spacial score (nSPS) is 10.7. The molecule has 0 saturated heterocycles. The number of nitro benzene ring substituents is 1. The molecule has 1 amide bonds. The molecule has 3 aromatic carbocycles. The number of carbonyl (C=O) groups is 1. The summed E-state index contributed by atoms with van der Waals surface area (Å²) in [7, 11) is 1.44. The lowest BCUT2D eigenvalue weighted by atomic mass is 9.98. The van der Waals surface area contributed by atoms with Crippen LogP contribution in [0.25, 0.3) is 11.1 Å². The van der Waals surface area contributed by atoms with Crippen molar-refractivity contribution in [3.05, 3.63) is 106 Å². The second-order valence-electron chi connectivity index (χ2n) is 7.72. The maximum atomic E-state index is 13.0. The van der Waals surface area contributed by atoms with Crippen LogP contribution in [0.2, 0.25) is 0 Å². The topological polar surface area (TPSA) is 99.3 Å². The molecule has 0 radical (unpaired) electrons. The van der Waals surface area contributed by atoms with Gasteiger partial charge in [-0.15, -0.1) is 11.8 Å². The molecule has 8 nitrogen and oxygen atoms in total. The number of amides is 1. The van der Waals surface area contributed by atoms with Gasteiger partial charge < -0.3 is 10.1 Å². The average Bonchev–Trinajstić information content (AvgIpc) is 3.40. The predicted molar refractivity (Wildman–Crippen MR) is 136 cm³/mol. The second-order valence-corrected chi connectivity index (χ2v) is 8.57. The molecule has 0 saturated carbocycles. The first-order chi connectivity index (χ1) is 17.0. The van der Waals surface area contributed by atoms with Crippen molar-refractivity contribution in [2.24, 2.45) is 0 Å². The summed E-state index contributed by atoms with van der Waals surface area (Å²) in [6.45, 7) is 0.908. The summed E-state index contributed by atoms with van der Waals surface area (Å²) in [5.74, 6) is -0.152. The molecule has 0 fully saturated rings. The third-order valence-corrected chi connectivity index (χ3v) is 6.33. The fourth-order valence-corrected chi connectivity index (χ4v) is 4.38. The van der Waals surface area contributed by atoms with Gasteiger partial charge in [-0.05, 0) is 40.6 Å². The van der Waals surface area contributed by atoms with E-state index < -0.39 is 10.8 Å². The monoisotopic (exact) mass is 488 g/mol. The van der Waals surface area contributed by atoms with Gasteiger partial charge in [-0.25, -0.2) is 0 Å². The van der Waals surface area contributed by atoms with Crippen LogP contribution in [0.15, 0.2) is 84.0 Å². The molecular weight excluding hydrogens is 464 g/mol. The zero-order valence-electron chi connectivity index (χ0n) is 19.3. The highest BCUT2D eigenvalue weighted by Crippen LogP contribution is 2.34. The molecule has 178 valence electrons. The highest BCUT2D eigenvalue weighted by Gasteiger charge is 2.24. The summed E-state index contributed by atoms with van der Waals surface area (Å²) in [6.07, 6.45) is 5.49. The van der Waals surface area contributed by atoms with Crippen molar-refractivity contribution in [1.29, 1.82) is 0 Å². The summed E-state index contributed by atoms with van der Waals surface area (Å²) in [5, 5.41) is 18.7. The van der Waals surface area contributed by atoms with Crippen LogP contribution in [-0.2, 0) is 13.1 Å². The Labute approximate surface area is 207 Å². The van der Waals surface area contributed by atoms with Crippen LogP contribution in [-0.4, -0.2) is 34.0 Å². The zero-order chi connectivity index (χ0) is 24.8. The van der Waals surface area contributed by atoms with Crippen LogP contribution < -0.4 is 10.1 Å². The number of methoxy groups -OCH3 is 1. The lowest BCUT2D eigenvalue weighted by Crippen LogP contribution is -2.24. The summed E-state index contributed by atoms with van der Waals surface area (Å²) < 4.78 is 7.09. The van der Waals surface area contributed by atoms with Crippen molar-refractivity contribution in [1.82, 2.24) is 15.1 Å². The highest BCUT2D eigenvalue weighted by atomic mass is 32.2. The Hall–Kier alpha value is -4.11. The van der Waals surface area contributed by atoms with E-state index in [1.807, 2.05) is 59.6 Å². The lowest BCUT2D eigenvalue weighted by Gasteiger charge is -2.13. The van der Waals surface area contributed by atoms with E-state index in [2.05, 4.69) is 22.5 Å². The van der Waals surface area contributed by atoms with Crippen molar-refractivity contribution >= 4 is 23.4 Å². The number of hydrogen-bond donors (Lipinski definition) is 1. The van der Waals surface area contributed by atoms with Crippen LogP contribution in [0.4, 0.5) is 5.69 Å². The molecule has 35 heavy (non-hydrogen) atoms. The van der Waals surface area contributed by atoms with Gasteiger partial charge in [0.25, 0.3) is 11.6 Å². The first-order valence-electron chi connectivity index (χ1n) is 10.8. The number of ether oxygens (including phenoxy) is 1. The molecular formula is C26H24N4O4S. The molecule has 0 spiro atoms. The number of carbonyl (C=O) groups excluding carboxylic acids is 1. The van der Waals surface area contributed by atoms with Gasteiger partial charge in [-0.1, -0.05) is 48.5 Å². The SMILES string of the molecule is COc1cc([N+](=O)[O-])c(C(=O)NCc2ccccc2-c2ccc(Cn3cccn3)cc2)cc1SC. The molecule has 1 N–H and O–H groups in total. The van der Waals surface area contributed by atoms with E-state index in [0.717, 1.165) is 22.3 Å². The lowest BCUT2D eigenvalue weighted by molar-refractivity contribution is -0.385. The molecule has 0 unspecified atom stereocenters. The molecule has 0 aliphatic heterocycles. The number of nitrogens with zero attached hydrogens (tertiary/aromatic N) is 3. The summed E-state index contributed by atoms with van der Waals surface area (Å²) >= 11 is 1.36. The number of rotatable bonds is 9. The molecule has 0 aliphatic carbocycles. The van der Waals surface area contributed by atoms with E-state index in [4.69, 9.17) is 4.74 Å². The maximum absolute atomic E-state index is 13.0. The van der Waals surface area contributed by atoms with Crippen LogP contribution >= 0.6 is 11.8 Å². The fourth-order valence-electron chi connectivity index (χ4n) is 3.80. The van der Waals surface area contributed by atoms with E-state index in [0.29, 0.717) is 17.2 Å². The van der Waals surface area contributed by atoms with Gasteiger partial charge in [0.05, 0.1) is 29.5 Å². The minimum absolute atomic E-state index is 0.000561. The number of nitro groups is 1. The first-order valence-corrected chi connectivity index (χ1v) is 12.1. The van der Waals surface area contributed by atoms with Crippen molar-refractivity contribution in [3.8, 4) is 16.9 Å². The maximum Gasteiger partial charge on any atom is 0.285 e. The number of nitrogens with one attached hydrogen (secondary N) is 1. The van der Waals surface area contributed by atoms with Crippen molar-refractivity contribution in [3.63, 3.8) is 0 Å². The van der Waals surface area contributed by atoms with Crippen molar-refractivity contribution in [2.45, 2.75) is 18.0 Å². The standard InChI is InChI=1S/C26H24N4O4S/c1-34-24-15-23(30(32)33)22(14-25(24)35-2)26(31)27-16-20-6-3-4-7-21(20)19-10-8-18(9-11-19)17-29-13-5-12-28-29/h3-15H,16-17H2,1-2H3,(H,27,31). The van der Waals surface area contributed by atoms with Crippen molar-refractivity contribution in [2.75, 3.05) is 13.4 Å². The average molecular weight is 489 g/mol. The number of benzene rings is 3. The molecule has 0 atom stereocenters. The smallest absolute Gasteiger partial charge is 0.285 e. The third-order valence-electron chi connectivity index (χ3n) is 5.57. The Morgan fingerprint density at radius 3 is 2.57 bits per heavy atom. The van der Waals surface area contributed by atoms with Gasteiger partial charge in [-0.2, -0.15) is 5.10 Å². The number of thioether (sulfide) groups is 1. The van der Waals surface area contributed by atoms with Crippen LogP contribution in [0.1, 0.15) is 21.5 Å². The second kappa shape index (κ2) is 10.9. The fraction of sp³-hybridized carbons (Fsp3) is 0.154. The Morgan fingerprint density at radius 1 is 1.14 bits per heavy atom. The minimum Gasteiger partial charge on any atom is -0.495 e. The molecule has 0 bridgehead atoms. The Morgan fingerprint density at radius 2 is 1.91 bits per heavy atom. The molecule has 1 heterocycles. The summed E-state index contributed by atoms with van der Waals surface area (Å²) in [5.41, 5.74) is 3.73. The molecule has 0 aliphatic rings. The van der Waals surface area contributed by atoms with E-state index >= 15 is 0 Å². The Bertz CT molecular complexity index is 1340. The van der Waals surface area contributed by atoms with Gasteiger partial charge in [-0.3, -0.25) is 19.6 Å². The van der Waals surface area contributed by atoms with E-state index in [1.54, 1.807) is 6.20 Å². The third kappa shape index (κ3) is 5.52. The summed E-state index contributed by atoms with van der Waals surface area (Å²) in [4.78, 5) is 24.7. The van der Waals surface area contributed by atoms with E-state index in [9.17, 15) is 14.9 Å². The molecule has 4 aromatic rings. The predicted octanol–water partition coefficient (Wildman–Crippen LogP) is 5.17. The summed E-state index contributed by atoms with van der Waals surface area (Å²) in [6, 6.07) is 20.6.